The first-order valence-corrected chi connectivity index (χ1v) is 12.7. The number of carbonyl (C=O) groups excluding carboxylic acids is 1. The van der Waals surface area contributed by atoms with Crippen LogP contribution in [-0.4, -0.2) is 43.4 Å². The van der Waals surface area contributed by atoms with Crippen LogP contribution < -0.4 is 10.2 Å². The first-order chi connectivity index (χ1) is 16.8. The Labute approximate surface area is 207 Å². The second-order valence-corrected chi connectivity index (χ2v) is 10.6. The van der Waals surface area contributed by atoms with Gasteiger partial charge in [-0.1, -0.05) is 32.9 Å². The monoisotopic (exact) mass is 473 g/mol. The lowest BCUT2D eigenvalue weighted by atomic mass is 9.68. The summed E-state index contributed by atoms with van der Waals surface area (Å²) in [6, 6.07) is 10.5. The molecule has 1 saturated heterocycles. The van der Waals surface area contributed by atoms with Crippen LogP contribution in [0.4, 0.5) is 5.82 Å². The summed E-state index contributed by atoms with van der Waals surface area (Å²) in [5.74, 6) is 2.63. The summed E-state index contributed by atoms with van der Waals surface area (Å²) < 4.78 is 1.99. The van der Waals surface area contributed by atoms with Gasteiger partial charge in [0.15, 0.2) is 5.82 Å². The first kappa shape index (κ1) is 23.6. The average molecular weight is 474 g/mol. The van der Waals surface area contributed by atoms with E-state index in [0.717, 1.165) is 24.2 Å². The quantitative estimate of drug-likeness (QED) is 0.586. The van der Waals surface area contributed by atoms with E-state index in [9.17, 15) is 4.79 Å². The fourth-order valence-corrected chi connectivity index (χ4v) is 5.52. The molecule has 5 rings (SSSR count). The van der Waals surface area contributed by atoms with Crippen molar-refractivity contribution in [1.29, 1.82) is 0 Å². The molecule has 1 aliphatic carbocycles. The number of aromatic nitrogens is 5. The zero-order chi connectivity index (χ0) is 24.7. The first-order valence-electron chi connectivity index (χ1n) is 12.7. The number of nitrogens with zero attached hydrogens (tertiary/aromatic N) is 6. The van der Waals surface area contributed by atoms with Gasteiger partial charge in [-0.15, -0.1) is 10.2 Å². The molecule has 2 aliphatic rings. The minimum atomic E-state index is -0.0838. The Balaban J connectivity index is 1.38. The van der Waals surface area contributed by atoms with Crippen LogP contribution in [0.1, 0.15) is 76.6 Å². The van der Waals surface area contributed by atoms with Crippen molar-refractivity contribution < 1.29 is 4.79 Å². The number of anilines is 1. The lowest BCUT2D eigenvalue weighted by Crippen LogP contribution is -2.59. The predicted molar refractivity (Wildman–Crippen MR) is 136 cm³/mol. The fraction of sp³-hybridized carbons (Fsp3) is 0.519. The molecule has 35 heavy (non-hydrogen) atoms. The zero-order valence-corrected chi connectivity index (χ0v) is 21.2. The number of amides is 1. The van der Waals surface area contributed by atoms with E-state index >= 15 is 0 Å². The molecule has 0 radical (unpaired) electrons. The van der Waals surface area contributed by atoms with Gasteiger partial charge in [-0.25, -0.2) is 4.98 Å². The number of nitrogens with one attached hydrogen (secondary N) is 1. The van der Waals surface area contributed by atoms with Crippen LogP contribution in [0.2, 0.25) is 0 Å². The Morgan fingerprint density at radius 1 is 1.06 bits per heavy atom. The van der Waals surface area contributed by atoms with Gasteiger partial charge < -0.3 is 4.57 Å². The van der Waals surface area contributed by atoms with E-state index in [2.05, 4.69) is 62.3 Å². The maximum absolute atomic E-state index is 13.8. The van der Waals surface area contributed by atoms with Crippen LogP contribution in [-0.2, 0) is 4.79 Å². The average Bonchev–Trinajstić information content (AvgIpc) is 3.35. The molecule has 0 bridgehead atoms. The predicted octanol–water partition coefficient (Wildman–Crippen LogP) is 4.53. The highest BCUT2D eigenvalue weighted by molar-refractivity contribution is 5.95. The maximum Gasteiger partial charge on any atom is 0.233 e. The van der Waals surface area contributed by atoms with Crippen LogP contribution >= 0.6 is 0 Å². The van der Waals surface area contributed by atoms with Gasteiger partial charge in [-0.3, -0.25) is 20.0 Å². The van der Waals surface area contributed by atoms with Crippen molar-refractivity contribution in [3.05, 3.63) is 54.1 Å². The van der Waals surface area contributed by atoms with E-state index in [1.807, 2.05) is 29.0 Å². The van der Waals surface area contributed by atoms with Gasteiger partial charge >= 0.3 is 0 Å². The van der Waals surface area contributed by atoms with Crippen molar-refractivity contribution >= 4 is 11.7 Å². The molecule has 8 heteroatoms. The van der Waals surface area contributed by atoms with Gasteiger partial charge in [0.2, 0.25) is 5.91 Å². The molecule has 1 aliphatic heterocycles. The Morgan fingerprint density at radius 3 is 2.60 bits per heavy atom. The molecule has 4 heterocycles. The standard InChI is InChI=1S/C27H35N7O/c1-16(2)22-10-9-19(13-28-22)20-12-21-24(11-18(20)5)29-14-34(27(21)35)25-8-6-7-23(31-25)26-32-30-15-33(26)17(3)4/h6-10,13,15-18,20-21,24,29H,11-12,14H2,1-5H3. The summed E-state index contributed by atoms with van der Waals surface area (Å²) in [6.07, 6.45) is 5.54. The minimum absolute atomic E-state index is 0.0838. The lowest BCUT2D eigenvalue weighted by Gasteiger charge is -2.45. The van der Waals surface area contributed by atoms with E-state index < -0.39 is 0 Å². The van der Waals surface area contributed by atoms with Gasteiger partial charge in [0.25, 0.3) is 0 Å². The number of hydrogen-bond acceptors (Lipinski definition) is 6. The molecule has 3 aromatic heterocycles. The molecular weight excluding hydrogens is 438 g/mol. The van der Waals surface area contributed by atoms with Crippen molar-refractivity contribution in [2.75, 3.05) is 11.6 Å². The van der Waals surface area contributed by atoms with Crippen LogP contribution in [0.5, 0.6) is 0 Å². The molecule has 184 valence electrons. The van der Waals surface area contributed by atoms with E-state index in [4.69, 9.17) is 9.97 Å². The Morgan fingerprint density at radius 2 is 1.89 bits per heavy atom. The van der Waals surface area contributed by atoms with Crippen LogP contribution in [0, 0.1) is 11.8 Å². The number of rotatable bonds is 5. The molecule has 0 aromatic carbocycles. The number of carbonyl (C=O) groups is 1. The summed E-state index contributed by atoms with van der Waals surface area (Å²) in [5, 5.41) is 12.0. The number of pyridine rings is 2. The van der Waals surface area contributed by atoms with Crippen LogP contribution in [0.15, 0.2) is 42.9 Å². The maximum atomic E-state index is 13.8. The molecule has 1 saturated carbocycles. The fourth-order valence-electron chi connectivity index (χ4n) is 5.52. The van der Waals surface area contributed by atoms with Gasteiger partial charge in [-0.05, 0) is 68.2 Å². The van der Waals surface area contributed by atoms with Gasteiger partial charge in [0.05, 0.1) is 12.6 Å². The summed E-state index contributed by atoms with van der Waals surface area (Å²) in [5.41, 5.74) is 3.06. The van der Waals surface area contributed by atoms with E-state index in [1.165, 1.54) is 5.56 Å². The largest absolute Gasteiger partial charge is 0.310 e. The minimum Gasteiger partial charge on any atom is -0.310 e. The summed E-state index contributed by atoms with van der Waals surface area (Å²) in [6.45, 7) is 11.3. The molecule has 2 fully saturated rings. The second-order valence-electron chi connectivity index (χ2n) is 10.6. The molecular formula is C27H35N7O. The normalized spacial score (nSPS) is 24.8. The van der Waals surface area contributed by atoms with Crippen molar-refractivity contribution in [3.8, 4) is 11.5 Å². The van der Waals surface area contributed by atoms with E-state index in [0.29, 0.717) is 36.1 Å². The highest BCUT2D eigenvalue weighted by Crippen LogP contribution is 2.42. The molecule has 3 aromatic rings. The molecule has 0 spiro atoms. The smallest absolute Gasteiger partial charge is 0.233 e. The summed E-state index contributed by atoms with van der Waals surface area (Å²) in [4.78, 5) is 25.1. The topological polar surface area (TPSA) is 88.8 Å². The van der Waals surface area contributed by atoms with Crippen molar-refractivity contribution in [2.45, 2.75) is 71.4 Å². The third kappa shape index (κ3) is 4.47. The number of fused-ring (bicyclic) bond motifs is 1. The molecule has 1 N–H and O–H groups in total. The Kier molecular flexibility index (Phi) is 6.40. The molecule has 1 amide bonds. The Hall–Kier alpha value is -3.13. The van der Waals surface area contributed by atoms with Crippen molar-refractivity contribution in [1.82, 2.24) is 30.0 Å². The third-order valence-corrected chi connectivity index (χ3v) is 7.60. The zero-order valence-electron chi connectivity index (χ0n) is 21.2. The highest BCUT2D eigenvalue weighted by atomic mass is 16.2. The van der Waals surface area contributed by atoms with Crippen LogP contribution in [0.25, 0.3) is 11.5 Å². The molecule has 8 nitrogen and oxygen atoms in total. The SMILES string of the molecule is CC(C)c1ccc(C2CC3C(=O)N(c4cccc(-c5nncn5C(C)C)n4)CNC3CC2C)cn1. The second kappa shape index (κ2) is 9.49. The number of hydrogen-bond donors (Lipinski definition) is 1. The van der Waals surface area contributed by atoms with Crippen molar-refractivity contribution in [3.63, 3.8) is 0 Å². The van der Waals surface area contributed by atoms with Crippen LogP contribution in [0.3, 0.4) is 0 Å². The molecule has 4 atom stereocenters. The third-order valence-electron chi connectivity index (χ3n) is 7.60. The van der Waals surface area contributed by atoms with Crippen molar-refractivity contribution in [2.24, 2.45) is 11.8 Å². The van der Waals surface area contributed by atoms with Gasteiger partial charge in [0, 0.05) is 24.0 Å². The van der Waals surface area contributed by atoms with E-state index in [-0.39, 0.29) is 23.9 Å². The summed E-state index contributed by atoms with van der Waals surface area (Å²) >= 11 is 0. The summed E-state index contributed by atoms with van der Waals surface area (Å²) in [7, 11) is 0. The lowest BCUT2D eigenvalue weighted by molar-refractivity contribution is -0.126. The highest BCUT2D eigenvalue weighted by Gasteiger charge is 2.44. The van der Waals surface area contributed by atoms with Gasteiger partial charge in [0.1, 0.15) is 17.8 Å². The van der Waals surface area contributed by atoms with Gasteiger partial charge in [-0.2, -0.15) is 0 Å². The van der Waals surface area contributed by atoms with E-state index in [1.54, 1.807) is 11.2 Å². The Bertz CT molecular complexity index is 1190. The molecule has 4 unspecified atom stereocenters.